The maximum absolute atomic E-state index is 12.7. The van der Waals surface area contributed by atoms with E-state index < -0.39 is 12.1 Å². The van der Waals surface area contributed by atoms with Crippen molar-refractivity contribution in [2.24, 2.45) is 0 Å². The molecule has 0 saturated carbocycles. The van der Waals surface area contributed by atoms with Gasteiger partial charge < -0.3 is 29.7 Å². The molecule has 30 heavy (non-hydrogen) atoms. The first-order chi connectivity index (χ1) is 14.1. The van der Waals surface area contributed by atoms with Crippen molar-refractivity contribution >= 4 is 18.0 Å². The van der Waals surface area contributed by atoms with E-state index in [4.69, 9.17) is 19.4 Å². The Labute approximate surface area is 171 Å². The highest BCUT2D eigenvalue weighted by atomic mass is 19.4. The first kappa shape index (κ1) is 24.2. The summed E-state index contributed by atoms with van der Waals surface area (Å²) < 4.78 is 41.8. The number of piperazine rings is 1. The molecule has 0 unspecified atom stereocenters. The molecule has 3 atom stereocenters. The summed E-state index contributed by atoms with van der Waals surface area (Å²) in [6.45, 7) is 5.14. The zero-order valence-corrected chi connectivity index (χ0v) is 16.9. The largest absolute Gasteiger partial charge is 0.490 e. The number of likely N-dealkylation sites (tertiary alicyclic amines) is 1. The number of ether oxygens (including phenoxy) is 2. The van der Waals surface area contributed by atoms with E-state index >= 15 is 0 Å². The molecule has 3 fully saturated rings. The van der Waals surface area contributed by atoms with Crippen LogP contribution in [0.3, 0.4) is 0 Å². The molecule has 0 aliphatic carbocycles. The Morgan fingerprint density at radius 1 is 1.20 bits per heavy atom. The van der Waals surface area contributed by atoms with Crippen molar-refractivity contribution in [3.8, 4) is 0 Å². The van der Waals surface area contributed by atoms with Crippen LogP contribution in [-0.4, -0.2) is 122 Å². The minimum atomic E-state index is -5.08. The van der Waals surface area contributed by atoms with Crippen molar-refractivity contribution in [2.45, 2.75) is 30.7 Å². The Balaban J connectivity index is 0.000000396. The van der Waals surface area contributed by atoms with Crippen LogP contribution in [0.25, 0.3) is 0 Å². The molecule has 3 aliphatic heterocycles. The molecular weight excluding hydrogens is 413 g/mol. The fraction of sp³-hybridized carbons (Fsp3) is 0.824. The molecular formula is C17H27F3N4O6. The molecule has 0 radical (unpaired) electrons. The van der Waals surface area contributed by atoms with Gasteiger partial charge in [0.05, 0.1) is 19.8 Å². The van der Waals surface area contributed by atoms with Gasteiger partial charge in [0.25, 0.3) is 0 Å². The molecule has 10 nitrogen and oxygen atoms in total. The lowest BCUT2D eigenvalue weighted by Crippen LogP contribution is -2.50. The molecule has 3 aliphatic rings. The third-order valence-corrected chi connectivity index (χ3v) is 5.37. The number of rotatable bonds is 5. The number of amides is 2. The van der Waals surface area contributed by atoms with E-state index in [-0.39, 0.29) is 30.1 Å². The Morgan fingerprint density at radius 3 is 2.40 bits per heavy atom. The minimum absolute atomic E-state index is 0.0639. The maximum Gasteiger partial charge on any atom is 0.490 e. The van der Waals surface area contributed by atoms with E-state index in [0.29, 0.717) is 26.1 Å². The van der Waals surface area contributed by atoms with Gasteiger partial charge in [-0.25, -0.2) is 9.59 Å². The number of esters is 1. The van der Waals surface area contributed by atoms with E-state index in [2.05, 4.69) is 10.2 Å². The van der Waals surface area contributed by atoms with Crippen LogP contribution in [0.2, 0.25) is 0 Å². The van der Waals surface area contributed by atoms with Gasteiger partial charge in [0.15, 0.2) is 0 Å². The number of carbonyl (C=O) groups is 3. The third-order valence-electron chi connectivity index (χ3n) is 5.37. The van der Waals surface area contributed by atoms with Gasteiger partial charge in [-0.3, -0.25) is 9.69 Å². The number of hydrogen-bond donors (Lipinski definition) is 2. The standard InChI is InChI=1S/C15H26N4O4.C2HF3O2/c1-22-6-5-17-9-11(7-13(17)14(20)23-2)19-10-12-8-16-3-4-18(12)15(19)21;3-2(4,5)1(6)7/h11-13,16H,3-10H2,1-2H3;(H,6,7)/t11-,12-,13+;/m0./s1. The van der Waals surface area contributed by atoms with Crippen LogP contribution in [0.1, 0.15) is 6.42 Å². The number of methoxy groups -OCH3 is 2. The molecule has 0 spiro atoms. The minimum Gasteiger partial charge on any atom is -0.475 e. The Kier molecular flexibility index (Phi) is 8.26. The number of aliphatic carboxylic acids is 1. The van der Waals surface area contributed by atoms with E-state index in [1.165, 1.54) is 7.11 Å². The van der Waals surface area contributed by atoms with Crippen LogP contribution in [0, 0.1) is 0 Å². The van der Waals surface area contributed by atoms with E-state index in [1.54, 1.807) is 7.11 Å². The summed E-state index contributed by atoms with van der Waals surface area (Å²) in [4.78, 5) is 39.6. The summed E-state index contributed by atoms with van der Waals surface area (Å²) in [7, 11) is 3.06. The predicted octanol–water partition coefficient (Wildman–Crippen LogP) is -0.409. The Hall–Kier alpha value is -2.12. The van der Waals surface area contributed by atoms with E-state index in [9.17, 15) is 22.8 Å². The Morgan fingerprint density at radius 2 is 1.87 bits per heavy atom. The van der Waals surface area contributed by atoms with Crippen LogP contribution >= 0.6 is 0 Å². The fourth-order valence-corrected chi connectivity index (χ4v) is 3.89. The monoisotopic (exact) mass is 440 g/mol. The molecule has 3 rings (SSSR count). The molecule has 2 amide bonds. The average Bonchev–Trinajstić information content (AvgIpc) is 3.27. The number of carboxylic acid groups (broad SMARTS) is 1. The quantitative estimate of drug-likeness (QED) is 0.555. The van der Waals surface area contributed by atoms with Crippen LogP contribution < -0.4 is 5.32 Å². The number of urea groups is 1. The SMILES string of the molecule is COCCN1C[C@@H](N2C[C@@H]3CNCCN3C2=O)C[C@@H]1C(=O)OC.O=C(O)C(F)(F)F. The van der Waals surface area contributed by atoms with Gasteiger partial charge in [0, 0.05) is 52.4 Å². The summed E-state index contributed by atoms with van der Waals surface area (Å²) in [6, 6.07) is 0.136. The first-order valence-electron chi connectivity index (χ1n) is 9.49. The molecule has 2 N–H and O–H groups in total. The second kappa shape index (κ2) is 10.3. The number of fused-ring (bicyclic) bond motifs is 1. The van der Waals surface area contributed by atoms with Crippen molar-refractivity contribution < 1.29 is 42.1 Å². The van der Waals surface area contributed by atoms with Gasteiger partial charge in [0.2, 0.25) is 0 Å². The first-order valence-corrected chi connectivity index (χ1v) is 9.49. The molecule has 13 heteroatoms. The molecule has 172 valence electrons. The molecule has 0 aromatic carbocycles. The van der Waals surface area contributed by atoms with Gasteiger partial charge in [-0.2, -0.15) is 13.2 Å². The molecule has 3 heterocycles. The number of hydrogen-bond acceptors (Lipinski definition) is 7. The highest BCUT2D eigenvalue weighted by Crippen LogP contribution is 2.28. The predicted molar refractivity (Wildman–Crippen MR) is 96.8 cm³/mol. The van der Waals surface area contributed by atoms with Crippen molar-refractivity contribution in [1.82, 2.24) is 20.0 Å². The van der Waals surface area contributed by atoms with Crippen LogP contribution in [0.5, 0.6) is 0 Å². The summed E-state index contributed by atoms with van der Waals surface area (Å²) >= 11 is 0. The number of halogens is 3. The van der Waals surface area contributed by atoms with Crippen LogP contribution in [0.4, 0.5) is 18.0 Å². The number of alkyl halides is 3. The smallest absolute Gasteiger partial charge is 0.475 e. The molecule has 3 saturated heterocycles. The van der Waals surface area contributed by atoms with Crippen molar-refractivity contribution in [3.05, 3.63) is 0 Å². The average molecular weight is 440 g/mol. The zero-order chi connectivity index (χ0) is 22.5. The summed E-state index contributed by atoms with van der Waals surface area (Å²) in [5.74, 6) is -2.98. The normalized spacial score (nSPS) is 26.8. The second-order valence-electron chi connectivity index (χ2n) is 7.21. The lowest BCUT2D eigenvalue weighted by molar-refractivity contribution is -0.192. The lowest BCUT2D eigenvalue weighted by atomic mass is 10.1. The fourth-order valence-electron chi connectivity index (χ4n) is 3.89. The zero-order valence-electron chi connectivity index (χ0n) is 16.9. The Bertz CT molecular complexity index is 635. The number of nitrogens with one attached hydrogen (secondary N) is 1. The highest BCUT2D eigenvalue weighted by Gasteiger charge is 2.47. The topological polar surface area (TPSA) is 112 Å². The summed E-state index contributed by atoms with van der Waals surface area (Å²) in [5, 5.41) is 10.5. The second-order valence-corrected chi connectivity index (χ2v) is 7.21. The van der Waals surface area contributed by atoms with Gasteiger partial charge in [-0.15, -0.1) is 0 Å². The molecule has 0 bridgehead atoms. The van der Waals surface area contributed by atoms with Gasteiger partial charge in [0.1, 0.15) is 6.04 Å². The number of carbonyl (C=O) groups excluding carboxylic acids is 2. The van der Waals surface area contributed by atoms with Gasteiger partial charge in [-0.1, -0.05) is 0 Å². The number of carboxylic acids is 1. The van der Waals surface area contributed by atoms with Crippen molar-refractivity contribution in [1.29, 1.82) is 0 Å². The van der Waals surface area contributed by atoms with Gasteiger partial charge >= 0.3 is 24.1 Å². The van der Waals surface area contributed by atoms with Crippen LogP contribution in [-0.2, 0) is 19.1 Å². The molecule has 0 aromatic heterocycles. The summed E-state index contributed by atoms with van der Waals surface area (Å²) in [6.07, 6.45) is -4.45. The maximum atomic E-state index is 12.7. The van der Waals surface area contributed by atoms with E-state index in [1.807, 2.05) is 9.80 Å². The van der Waals surface area contributed by atoms with Crippen molar-refractivity contribution in [2.75, 3.05) is 60.1 Å². The van der Waals surface area contributed by atoms with E-state index in [0.717, 1.165) is 26.2 Å². The van der Waals surface area contributed by atoms with Crippen molar-refractivity contribution in [3.63, 3.8) is 0 Å². The highest BCUT2D eigenvalue weighted by molar-refractivity contribution is 5.79. The summed E-state index contributed by atoms with van der Waals surface area (Å²) in [5.41, 5.74) is 0. The number of nitrogens with zero attached hydrogens (tertiary/aromatic N) is 3. The van der Waals surface area contributed by atoms with Crippen LogP contribution in [0.15, 0.2) is 0 Å². The lowest BCUT2D eigenvalue weighted by Gasteiger charge is -2.28. The third kappa shape index (κ3) is 5.73. The molecule has 0 aromatic rings. The van der Waals surface area contributed by atoms with Gasteiger partial charge in [-0.05, 0) is 6.42 Å².